The predicted octanol–water partition coefficient (Wildman–Crippen LogP) is 3.56. The number of nitrogens with zero attached hydrogens (tertiary/aromatic N) is 2. The molecule has 1 aliphatic heterocycles. The summed E-state index contributed by atoms with van der Waals surface area (Å²) in [5, 5.41) is 0. The van der Waals surface area contributed by atoms with E-state index >= 15 is 0 Å². The van der Waals surface area contributed by atoms with Gasteiger partial charge in [0.2, 0.25) is 0 Å². The molecule has 1 saturated heterocycles. The van der Waals surface area contributed by atoms with E-state index in [1.54, 1.807) is 11.3 Å². The average molecular weight is 282 g/mol. The second kappa shape index (κ2) is 7.36. The first-order valence-corrected chi connectivity index (χ1v) is 8.32. The first-order chi connectivity index (χ1) is 9.19. The van der Waals surface area contributed by atoms with E-state index in [4.69, 9.17) is 4.74 Å². The van der Waals surface area contributed by atoms with Crippen LogP contribution in [0.4, 0.5) is 0 Å². The summed E-state index contributed by atoms with van der Waals surface area (Å²) in [6, 6.07) is 0. The smallest absolute Gasteiger partial charge is 0.0794 e. The van der Waals surface area contributed by atoms with Gasteiger partial charge in [-0.1, -0.05) is 33.6 Å². The van der Waals surface area contributed by atoms with Crippen LogP contribution in [-0.4, -0.2) is 35.2 Å². The zero-order valence-electron chi connectivity index (χ0n) is 12.3. The number of ether oxygens (including phenoxy) is 1. The second-order valence-electron chi connectivity index (χ2n) is 5.84. The van der Waals surface area contributed by atoms with Crippen molar-refractivity contribution in [3.63, 3.8) is 0 Å². The SMILES string of the molecule is CCCC[C@@H]1CN(Cc2cncs2)C[C@H](C(C)C)O1. The summed E-state index contributed by atoms with van der Waals surface area (Å²) in [6.07, 6.45) is 6.49. The first-order valence-electron chi connectivity index (χ1n) is 7.44. The van der Waals surface area contributed by atoms with Crippen LogP contribution in [-0.2, 0) is 11.3 Å². The van der Waals surface area contributed by atoms with Crippen molar-refractivity contribution in [2.24, 2.45) is 5.92 Å². The normalized spacial score (nSPS) is 25.1. The van der Waals surface area contributed by atoms with Crippen molar-refractivity contribution in [3.8, 4) is 0 Å². The molecular weight excluding hydrogens is 256 g/mol. The lowest BCUT2D eigenvalue weighted by atomic mass is 10.0. The van der Waals surface area contributed by atoms with Gasteiger partial charge in [-0.3, -0.25) is 9.88 Å². The summed E-state index contributed by atoms with van der Waals surface area (Å²) in [6.45, 7) is 9.92. The van der Waals surface area contributed by atoms with Gasteiger partial charge in [0, 0.05) is 30.7 Å². The average Bonchev–Trinajstić information content (AvgIpc) is 2.89. The third kappa shape index (κ3) is 4.55. The fourth-order valence-corrected chi connectivity index (χ4v) is 3.21. The molecule has 2 heterocycles. The Morgan fingerprint density at radius 1 is 1.47 bits per heavy atom. The van der Waals surface area contributed by atoms with Gasteiger partial charge < -0.3 is 4.74 Å². The third-order valence-corrected chi connectivity index (χ3v) is 4.52. The molecule has 0 aliphatic carbocycles. The molecule has 4 heteroatoms. The molecule has 0 N–H and O–H groups in total. The van der Waals surface area contributed by atoms with E-state index in [0.29, 0.717) is 18.1 Å². The molecule has 0 spiro atoms. The van der Waals surface area contributed by atoms with Crippen LogP contribution in [0.15, 0.2) is 11.7 Å². The predicted molar refractivity (Wildman–Crippen MR) is 80.4 cm³/mol. The molecule has 1 aromatic heterocycles. The lowest BCUT2D eigenvalue weighted by Crippen LogP contribution is -2.48. The number of aromatic nitrogens is 1. The van der Waals surface area contributed by atoms with Crippen molar-refractivity contribution in [1.82, 2.24) is 9.88 Å². The lowest BCUT2D eigenvalue weighted by molar-refractivity contribution is -0.108. The number of rotatable bonds is 6. The molecule has 2 atom stereocenters. The second-order valence-corrected chi connectivity index (χ2v) is 6.82. The molecule has 0 unspecified atom stereocenters. The zero-order valence-corrected chi connectivity index (χ0v) is 13.2. The van der Waals surface area contributed by atoms with Crippen molar-refractivity contribution in [2.45, 2.75) is 58.8 Å². The highest BCUT2D eigenvalue weighted by Crippen LogP contribution is 2.23. The van der Waals surface area contributed by atoms with Crippen molar-refractivity contribution in [3.05, 3.63) is 16.6 Å². The Labute approximate surface area is 121 Å². The highest BCUT2D eigenvalue weighted by molar-refractivity contribution is 7.09. The van der Waals surface area contributed by atoms with E-state index in [1.807, 2.05) is 11.7 Å². The standard InChI is InChI=1S/C15H26N2OS/c1-4-5-6-13-8-17(9-14-7-16-11-19-14)10-15(18-13)12(2)3/h7,11-13,15H,4-6,8-10H2,1-3H3/t13-,15-/m1/s1. The largest absolute Gasteiger partial charge is 0.372 e. The van der Waals surface area contributed by atoms with Crippen LogP contribution in [0.25, 0.3) is 0 Å². The van der Waals surface area contributed by atoms with E-state index < -0.39 is 0 Å². The topological polar surface area (TPSA) is 25.4 Å². The molecule has 0 aromatic carbocycles. The molecule has 0 radical (unpaired) electrons. The molecule has 2 rings (SSSR count). The Morgan fingerprint density at radius 3 is 2.95 bits per heavy atom. The molecule has 1 aliphatic rings. The summed E-state index contributed by atoms with van der Waals surface area (Å²) >= 11 is 1.75. The van der Waals surface area contributed by atoms with Crippen molar-refractivity contribution in [2.75, 3.05) is 13.1 Å². The summed E-state index contributed by atoms with van der Waals surface area (Å²) in [5.74, 6) is 0.591. The zero-order chi connectivity index (χ0) is 13.7. The molecule has 3 nitrogen and oxygen atoms in total. The van der Waals surface area contributed by atoms with Gasteiger partial charge in [0.05, 0.1) is 17.7 Å². The van der Waals surface area contributed by atoms with E-state index in [-0.39, 0.29) is 0 Å². The summed E-state index contributed by atoms with van der Waals surface area (Å²) in [5.41, 5.74) is 1.92. The van der Waals surface area contributed by atoms with Crippen molar-refractivity contribution < 1.29 is 4.74 Å². The van der Waals surface area contributed by atoms with Crippen LogP contribution in [0.5, 0.6) is 0 Å². The van der Waals surface area contributed by atoms with E-state index in [2.05, 4.69) is 30.7 Å². The fraction of sp³-hybridized carbons (Fsp3) is 0.800. The summed E-state index contributed by atoms with van der Waals surface area (Å²) < 4.78 is 6.25. The highest BCUT2D eigenvalue weighted by atomic mass is 32.1. The molecule has 19 heavy (non-hydrogen) atoms. The Kier molecular flexibility index (Phi) is 5.79. The molecule has 1 aromatic rings. The Bertz CT molecular complexity index is 353. The molecule has 0 saturated carbocycles. The van der Waals surface area contributed by atoms with Crippen LogP contribution in [0.1, 0.15) is 44.9 Å². The van der Waals surface area contributed by atoms with Gasteiger partial charge in [-0.05, 0) is 12.3 Å². The molecule has 0 amide bonds. The lowest BCUT2D eigenvalue weighted by Gasteiger charge is -2.39. The number of morpholine rings is 1. The van der Waals surface area contributed by atoms with E-state index in [9.17, 15) is 0 Å². The molecule has 1 fully saturated rings. The van der Waals surface area contributed by atoms with Crippen molar-refractivity contribution in [1.29, 1.82) is 0 Å². The monoisotopic (exact) mass is 282 g/mol. The maximum Gasteiger partial charge on any atom is 0.0794 e. The number of unbranched alkanes of at least 4 members (excludes halogenated alkanes) is 1. The van der Waals surface area contributed by atoms with E-state index in [0.717, 1.165) is 19.6 Å². The van der Waals surface area contributed by atoms with Gasteiger partial charge in [0.1, 0.15) is 0 Å². The van der Waals surface area contributed by atoms with Crippen LogP contribution in [0.2, 0.25) is 0 Å². The summed E-state index contributed by atoms with van der Waals surface area (Å²) in [4.78, 5) is 8.07. The van der Waals surface area contributed by atoms with Crippen LogP contribution >= 0.6 is 11.3 Å². The van der Waals surface area contributed by atoms with Crippen molar-refractivity contribution >= 4 is 11.3 Å². The third-order valence-electron chi connectivity index (χ3n) is 3.75. The maximum absolute atomic E-state index is 6.25. The van der Waals surface area contributed by atoms with Gasteiger partial charge in [0.15, 0.2) is 0 Å². The first kappa shape index (κ1) is 14.9. The molecule has 108 valence electrons. The Hall–Kier alpha value is -0.450. The van der Waals surface area contributed by atoms with Crippen LogP contribution in [0, 0.1) is 5.92 Å². The van der Waals surface area contributed by atoms with E-state index in [1.165, 1.54) is 24.1 Å². The van der Waals surface area contributed by atoms with Gasteiger partial charge in [-0.25, -0.2) is 0 Å². The minimum atomic E-state index is 0.378. The maximum atomic E-state index is 6.25. The van der Waals surface area contributed by atoms with Gasteiger partial charge in [0.25, 0.3) is 0 Å². The van der Waals surface area contributed by atoms with Crippen LogP contribution < -0.4 is 0 Å². The minimum absolute atomic E-state index is 0.378. The summed E-state index contributed by atoms with van der Waals surface area (Å²) in [7, 11) is 0. The Morgan fingerprint density at radius 2 is 2.32 bits per heavy atom. The van der Waals surface area contributed by atoms with Gasteiger partial charge >= 0.3 is 0 Å². The number of thiazole rings is 1. The van der Waals surface area contributed by atoms with Crippen LogP contribution in [0.3, 0.4) is 0 Å². The molecular formula is C15H26N2OS. The van der Waals surface area contributed by atoms with Gasteiger partial charge in [-0.2, -0.15) is 0 Å². The quantitative estimate of drug-likeness (QED) is 0.797. The Balaban J connectivity index is 1.93. The number of hydrogen-bond acceptors (Lipinski definition) is 4. The fourth-order valence-electron chi connectivity index (χ4n) is 2.58. The minimum Gasteiger partial charge on any atom is -0.372 e. The highest BCUT2D eigenvalue weighted by Gasteiger charge is 2.29. The number of hydrogen-bond donors (Lipinski definition) is 0. The van der Waals surface area contributed by atoms with Gasteiger partial charge in [-0.15, -0.1) is 11.3 Å². The molecule has 0 bridgehead atoms.